The lowest BCUT2D eigenvalue weighted by Crippen LogP contribution is -2.38. The van der Waals surface area contributed by atoms with Crippen LogP contribution in [0.25, 0.3) is 0 Å². The molecule has 1 atom stereocenters. The number of carbonyl (C=O) groups excluding carboxylic acids is 1. The predicted octanol–water partition coefficient (Wildman–Crippen LogP) is 1.42. The van der Waals surface area contributed by atoms with Gasteiger partial charge in [0.2, 0.25) is 0 Å². The summed E-state index contributed by atoms with van der Waals surface area (Å²) in [5.41, 5.74) is -1.39. The summed E-state index contributed by atoms with van der Waals surface area (Å²) in [6, 6.07) is 5.46. The van der Waals surface area contributed by atoms with Gasteiger partial charge in [0, 0.05) is 0 Å². The maximum Gasteiger partial charge on any atom is 0.433 e. The fourth-order valence-electron chi connectivity index (χ4n) is 1.56. The molecule has 2 heterocycles. The molecule has 0 radical (unpaired) electrons. The molecule has 0 saturated carbocycles. The largest absolute Gasteiger partial charge is 0.466 e. The highest BCUT2D eigenvalue weighted by Gasteiger charge is 2.27. The molecule has 1 amide bonds. The first-order chi connectivity index (χ1) is 9.40. The number of nitrogens with one attached hydrogen (secondary N) is 1. The van der Waals surface area contributed by atoms with Gasteiger partial charge in [0.15, 0.2) is 5.76 Å². The summed E-state index contributed by atoms with van der Waals surface area (Å²) in [7, 11) is 0. The Hall–Kier alpha value is -2.61. The average Bonchev–Trinajstić information content (AvgIpc) is 3.06. The Kier molecular flexibility index (Phi) is 3.57. The standard InChI is InChI=1S/C12H12N2O6/c1-12(16,9-3-2-6-19-9)7-13-11(15)8-4-5-10(20-8)14(17)18/h2-6,16H,7H2,1H3,(H,13,15). The van der Waals surface area contributed by atoms with Gasteiger partial charge >= 0.3 is 5.88 Å². The van der Waals surface area contributed by atoms with Gasteiger partial charge in [-0.3, -0.25) is 14.9 Å². The summed E-state index contributed by atoms with van der Waals surface area (Å²) in [5, 5.41) is 23.0. The lowest BCUT2D eigenvalue weighted by Gasteiger charge is -2.20. The van der Waals surface area contributed by atoms with Crippen LogP contribution in [0.15, 0.2) is 39.4 Å². The van der Waals surface area contributed by atoms with Crippen molar-refractivity contribution in [1.82, 2.24) is 5.32 Å². The molecule has 106 valence electrons. The fourth-order valence-corrected chi connectivity index (χ4v) is 1.56. The number of hydrogen-bond donors (Lipinski definition) is 2. The summed E-state index contributed by atoms with van der Waals surface area (Å²) in [6.45, 7) is 1.34. The molecule has 0 saturated heterocycles. The Morgan fingerprint density at radius 3 is 2.80 bits per heavy atom. The summed E-state index contributed by atoms with van der Waals surface area (Å²) < 4.78 is 9.80. The quantitative estimate of drug-likeness (QED) is 0.631. The van der Waals surface area contributed by atoms with E-state index in [1.165, 1.54) is 19.3 Å². The molecular formula is C12H12N2O6. The second kappa shape index (κ2) is 5.17. The summed E-state index contributed by atoms with van der Waals surface area (Å²) in [4.78, 5) is 21.4. The van der Waals surface area contributed by atoms with Gasteiger partial charge in [-0.05, 0) is 25.1 Å². The Bertz CT molecular complexity index is 614. The maximum atomic E-state index is 11.7. The van der Waals surface area contributed by atoms with Crippen LogP contribution in [0.4, 0.5) is 5.88 Å². The second-order valence-corrected chi connectivity index (χ2v) is 4.33. The number of hydrogen-bond acceptors (Lipinski definition) is 6. The Labute approximate surface area is 113 Å². The zero-order chi connectivity index (χ0) is 14.8. The molecule has 2 rings (SSSR count). The third-order valence-electron chi connectivity index (χ3n) is 2.64. The van der Waals surface area contributed by atoms with Crippen molar-refractivity contribution < 1.29 is 23.7 Å². The first-order valence-corrected chi connectivity index (χ1v) is 5.69. The van der Waals surface area contributed by atoms with Crippen molar-refractivity contribution in [3.63, 3.8) is 0 Å². The van der Waals surface area contributed by atoms with E-state index in [0.717, 1.165) is 6.07 Å². The normalized spacial score (nSPS) is 13.7. The Morgan fingerprint density at radius 2 is 2.25 bits per heavy atom. The van der Waals surface area contributed by atoms with Crippen LogP contribution in [0, 0.1) is 10.1 Å². The van der Waals surface area contributed by atoms with E-state index < -0.39 is 22.3 Å². The van der Waals surface area contributed by atoms with Crippen molar-refractivity contribution in [1.29, 1.82) is 0 Å². The van der Waals surface area contributed by atoms with Crippen LogP contribution in [0.2, 0.25) is 0 Å². The number of nitrogens with zero attached hydrogens (tertiary/aromatic N) is 1. The Balaban J connectivity index is 1.99. The van der Waals surface area contributed by atoms with E-state index >= 15 is 0 Å². The zero-order valence-electron chi connectivity index (χ0n) is 10.5. The second-order valence-electron chi connectivity index (χ2n) is 4.33. The van der Waals surface area contributed by atoms with Crippen molar-refractivity contribution in [3.05, 3.63) is 52.2 Å². The molecule has 0 aromatic carbocycles. The van der Waals surface area contributed by atoms with Gasteiger partial charge < -0.3 is 19.3 Å². The van der Waals surface area contributed by atoms with Gasteiger partial charge in [0.1, 0.15) is 16.3 Å². The van der Waals surface area contributed by atoms with Crippen molar-refractivity contribution in [2.75, 3.05) is 6.54 Å². The highest BCUT2D eigenvalue weighted by Crippen LogP contribution is 2.20. The van der Waals surface area contributed by atoms with Crippen molar-refractivity contribution in [3.8, 4) is 0 Å². The first-order valence-electron chi connectivity index (χ1n) is 5.69. The minimum absolute atomic E-state index is 0.131. The van der Waals surface area contributed by atoms with Gasteiger partial charge in [0.25, 0.3) is 5.91 Å². The monoisotopic (exact) mass is 280 g/mol. The van der Waals surface area contributed by atoms with E-state index in [0.29, 0.717) is 5.76 Å². The predicted molar refractivity (Wildman–Crippen MR) is 66.0 cm³/mol. The number of aliphatic hydroxyl groups is 1. The van der Waals surface area contributed by atoms with Crippen LogP contribution in [0.3, 0.4) is 0 Å². The van der Waals surface area contributed by atoms with Crippen molar-refractivity contribution in [2.45, 2.75) is 12.5 Å². The van der Waals surface area contributed by atoms with Gasteiger partial charge in [-0.2, -0.15) is 0 Å². The molecular weight excluding hydrogens is 268 g/mol. The molecule has 0 aliphatic heterocycles. The molecule has 0 aliphatic rings. The fraction of sp³-hybridized carbons (Fsp3) is 0.250. The summed E-state index contributed by atoms with van der Waals surface area (Å²) >= 11 is 0. The number of carbonyl (C=O) groups is 1. The molecule has 0 spiro atoms. The zero-order valence-corrected chi connectivity index (χ0v) is 10.5. The molecule has 2 aromatic heterocycles. The minimum Gasteiger partial charge on any atom is -0.466 e. The van der Waals surface area contributed by atoms with Crippen LogP contribution in [0.5, 0.6) is 0 Å². The van der Waals surface area contributed by atoms with Gasteiger partial charge in [-0.1, -0.05) is 0 Å². The molecule has 1 unspecified atom stereocenters. The molecule has 0 bridgehead atoms. The summed E-state index contributed by atoms with van der Waals surface area (Å²) in [5.74, 6) is -1.09. The maximum absolute atomic E-state index is 11.7. The van der Waals surface area contributed by atoms with Crippen LogP contribution < -0.4 is 5.32 Å². The molecule has 2 aromatic rings. The highest BCUT2D eigenvalue weighted by molar-refractivity contribution is 5.91. The third-order valence-corrected chi connectivity index (χ3v) is 2.64. The third kappa shape index (κ3) is 2.86. The molecule has 0 fully saturated rings. The van der Waals surface area contributed by atoms with E-state index in [9.17, 15) is 20.0 Å². The number of nitro groups is 1. The van der Waals surface area contributed by atoms with E-state index in [4.69, 9.17) is 8.83 Å². The Morgan fingerprint density at radius 1 is 1.50 bits per heavy atom. The van der Waals surface area contributed by atoms with Crippen LogP contribution in [-0.2, 0) is 5.60 Å². The lowest BCUT2D eigenvalue weighted by molar-refractivity contribution is -0.402. The minimum atomic E-state index is -1.39. The first kappa shape index (κ1) is 13.8. The number of amides is 1. The number of rotatable bonds is 5. The van der Waals surface area contributed by atoms with Crippen LogP contribution >= 0.6 is 0 Å². The van der Waals surface area contributed by atoms with Gasteiger partial charge in [0.05, 0.1) is 18.9 Å². The molecule has 8 nitrogen and oxygen atoms in total. The van der Waals surface area contributed by atoms with Crippen LogP contribution in [-0.4, -0.2) is 22.5 Å². The molecule has 8 heteroatoms. The summed E-state index contributed by atoms with van der Waals surface area (Å²) in [6.07, 6.45) is 1.40. The molecule has 20 heavy (non-hydrogen) atoms. The van der Waals surface area contributed by atoms with Crippen molar-refractivity contribution >= 4 is 11.8 Å². The smallest absolute Gasteiger partial charge is 0.433 e. The molecule has 2 N–H and O–H groups in total. The van der Waals surface area contributed by atoms with E-state index in [2.05, 4.69) is 5.32 Å². The SMILES string of the molecule is CC(O)(CNC(=O)c1ccc([N+](=O)[O-])o1)c1ccco1. The topological polar surface area (TPSA) is 119 Å². The van der Waals surface area contributed by atoms with E-state index in [1.807, 2.05) is 0 Å². The lowest BCUT2D eigenvalue weighted by atomic mass is 10.0. The van der Waals surface area contributed by atoms with E-state index in [1.54, 1.807) is 12.1 Å². The van der Waals surface area contributed by atoms with Crippen LogP contribution in [0.1, 0.15) is 23.2 Å². The highest BCUT2D eigenvalue weighted by atomic mass is 16.6. The van der Waals surface area contributed by atoms with Gasteiger partial charge in [-0.15, -0.1) is 0 Å². The van der Waals surface area contributed by atoms with E-state index in [-0.39, 0.29) is 12.3 Å². The van der Waals surface area contributed by atoms with Crippen molar-refractivity contribution in [2.24, 2.45) is 0 Å². The molecule has 0 aliphatic carbocycles. The number of furan rings is 2. The average molecular weight is 280 g/mol. The van der Waals surface area contributed by atoms with Gasteiger partial charge in [-0.25, -0.2) is 0 Å².